The van der Waals surface area contributed by atoms with Crippen LogP contribution in [0.5, 0.6) is 0 Å². The fourth-order valence-electron chi connectivity index (χ4n) is 2.70. The summed E-state index contributed by atoms with van der Waals surface area (Å²) in [5.41, 5.74) is 0.0764. The first-order chi connectivity index (χ1) is 11.2. The van der Waals surface area contributed by atoms with Crippen LogP contribution in [0.3, 0.4) is 0 Å². The molecule has 132 valence electrons. The second-order valence-corrected chi connectivity index (χ2v) is 7.08. The van der Waals surface area contributed by atoms with Crippen molar-refractivity contribution in [1.29, 1.82) is 0 Å². The lowest BCUT2D eigenvalue weighted by atomic mass is 9.90. The van der Waals surface area contributed by atoms with Crippen molar-refractivity contribution < 1.29 is 19.4 Å². The van der Waals surface area contributed by atoms with Gasteiger partial charge in [-0.1, -0.05) is 25.2 Å². The van der Waals surface area contributed by atoms with Crippen LogP contribution >= 0.6 is 0 Å². The minimum atomic E-state index is -1.17. The molecule has 0 aromatic carbocycles. The topological polar surface area (TPSA) is 81.7 Å². The van der Waals surface area contributed by atoms with Gasteiger partial charge >= 0.3 is 6.09 Å². The third-order valence-corrected chi connectivity index (χ3v) is 4.13. The van der Waals surface area contributed by atoms with Crippen LogP contribution in [0.4, 0.5) is 4.79 Å². The summed E-state index contributed by atoms with van der Waals surface area (Å²) in [6, 6.07) is 0. The molecule has 1 amide bonds. The van der Waals surface area contributed by atoms with Gasteiger partial charge in [0.05, 0.1) is 11.5 Å². The highest BCUT2D eigenvalue weighted by atomic mass is 16.6. The molecule has 0 aliphatic carbocycles. The van der Waals surface area contributed by atoms with Crippen molar-refractivity contribution in [2.45, 2.75) is 51.7 Å². The lowest BCUT2D eigenvalue weighted by Gasteiger charge is -2.38. The molecule has 1 N–H and O–H groups in total. The minimum Gasteiger partial charge on any atom is -0.547 e. The molecule has 0 bridgehead atoms. The summed E-state index contributed by atoms with van der Waals surface area (Å²) < 4.78 is 5.37. The van der Waals surface area contributed by atoms with E-state index in [4.69, 9.17) is 4.74 Å². The number of nitrogens with one attached hydrogen (secondary N) is 1. The highest BCUT2D eigenvalue weighted by Gasteiger charge is 2.31. The number of nitrogens with zero attached hydrogens (tertiary/aromatic N) is 1. The molecule has 0 saturated heterocycles. The number of rotatable bonds is 3. The van der Waals surface area contributed by atoms with Crippen LogP contribution in [0.25, 0.3) is 0 Å². The summed E-state index contributed by atoms with van der Waals surface area (Å²) in [5.74, 6) is -1.14. The van der Waals surface area contributed by atoms with Crippen molar-refractivity contribution in [3.05, 3.63) is 35.6 Å². The van der Waals surface area contributed by atoms with E-state index in [0.29, 0.717) is 25.9 Å². The van der Waals surface area contributed by atoms with Crippen molar-refractivity contribution in [3.63, 3.8) is 0 Å². The average molecular weight is 333 g/mol. The number of hydrogen-bond donors (Lipinski definition) is 1. The second-order valence-electron chi connectivity index (χ2n) is 7.08. The standard InChI is InChI=1S/C18H26N2O4/c1-5-18(15(21)22)10-6-7-14(19-18)13-8-11-20(12-9-13)16(23)24-17(2,3)4/h6-8,10,19H,5,9,11-12H2,1-4H3,(H,21,22)/p-1. The maximum absolute atomic E-state index is 12.1. The molecule has 24 heavy (non-hydrogen) atoms. The number of dihydropyridines is 1. The lowest BCUT2D eigenvalue weighted by Crippen LogP contribution is -2.57. The van der Waals surface area contributed by atoms with Crippen LogP contribution in [0.1, 0.15) is 40.5 Å². The summed E-state index contributed by atoms with van der Waals surface area (Å²) >= 11 is 0. The van der Waals surface area contributed by atoms with Crippen molar-refractivity contribution in [3.8, 4) is 0 Å². The van der Waals surface area contributed by atoms with E-state index in [1.807, 2.05) is 32.9 Å². The van der Waals surface area contributed by atoms with Crippen molar-refractivity contribution in [2.75, 3.05) is 13.1 Å². The Balaban J connectivity index is 2.05. The average Bonchev–Trinajstić information content (AvgIpc) is 2.53. The zero-order chi connectivity index (χ0) is 18.0. The number of allylic oxidation sites excluding steroid dienone is 3. The van der Waals surface area contributed by atoms with Gasteiger partial charge in [0.15, 0.2) is 0 Å². The summed E-state index contributed by atoms with van der Waals surface area (Å²) in [4.78, 5) is 25.2. The first-order valence-electron chi connectivity index (χ1n) is 8.23. The summed E-state index contributed by atoms with van der Waals surface area (Å²) in [7, 11) is 0. The molecule has 2 aliphatic rings. The number of aliphatic carboxylic acids is 1. The Hall–Kier alpha value is -2.24. The van der Waals surface area contributed by atoms with E-state index in [0.717, 1.165) is 11.3 Å². The Morgan fingerprint density at radius 1 is 1.42 bits per heavy atom. The highest BCUT2D eigenvalue weighted by molar-refractivity contribution is 5.81. The van der Waals surface area contributed by atoms with E-state index in [9.17, 15) is 14.7 Å². The summed E-state index contributed by atoms with van der Waals surface area (Å²) in [6.45, 7) is 8.29. The third kappa shape index (κ3) is 3.99. The van der Waals surface area contributed by atoms with E-state index < -0.39 is 17.1 Å². The normalized spacial score (nSPS) is 23.9. The minimum absolute atomic E-state index is 0.332. The second kappa shape index (κ2) is 6.71. The number of ether oxygens (including phenoxy) is 1. The molecule has 0 radical (unpaired) electrons. The molecule has 1 atom stereocenters. The Morgan fingerprint density at radius 3 is 2.62 bits per heavy atom. The molecular formula is C18H25N2O4-. The molecule has 2 heterocycles. The van der Waals surface area contributed by atoms with Crippen LogP contribution in [-0.2, 0) is 9.53 Å². The van der Waals surface area contributed by atoms with Crippen LogP contribution in [0.2, 0.25) is 0 Å². The van der Waals surface area contributed by atoms with Gasteiger partial charge in [0.1, 0.15) is 5.60 Å². The zero-order valence-electron chi connectivity index (χ0n) is 14.7. The number of hydrogen-bond acceptors (Lipinski definition) is 5. The van der Waals surface area contributed by atoms with Crippen LogP contribution in [-0.4, -0.2) is 41.2 Å². The molecule has 2 aliphatic heterocycles. The van der Waals surface area contributed by atoms with Gasteiger partial charge in [-0.3, -0.25) is 0 Å². The van der Waals surface area contributed by atoms with Gasteiger partial charge < -0.3 is 24.9 Å². The molecule has 0 saturated carbocycles. The molecule has 2 rings (SSSR count). The molecule has 0 aromatic rings. The van der Waals surface area contributed by atoms with Crippen molar-refractivity contribution in [1.82, 2.24) is 10.2 Å². The smallest absolute Gasteiger partial charge is 0.410 e. The van der Waals surface area contributed by atoms with Gasteiger partial charge in [-0.05, 0) is 45.3 Å². The molecule has 1 unspecified atom stereocenters. The monoisotopic (exact) mass is 333 g/mol. The maximum atomic E-state index is 12.1. The summed E-state index contributed by atoms with van der Waals surface area (Å²) in [6.07, 6.45) is 7.83. The fourth-order valence-corrected chi connectivity index (χ4v) is 2.70. The Labute approximate surface area is 142 Å². The van der Waals surface area contributed by atoms with Gasteiger partial charge in [-0.15, -0.1) is 0 Å². The first-order valence-corrected chi connectivity index (χ1v) is 8.23. The Kier molecular flexibility index (Phi) is 5.06. The highest BCUT2D eigenvalue weighted by Crippen LogP contribution is 2.25. The number of carboxylic acids is 1. The van der Waals surface area contributed by atoms with E-state index in [1.54, 1.807) is 24.0 Å². The van der Waals surface area contributed by atoms with Gasteiger partial charge in [0, 0.05) is 18.8 Å². The van der Waals surface area contributed by atoms with Gasteiger partial charge in [0.25, 0.3) is 0 Å². The molecule has 6 heteroatoms. The van der Waals surface area contributed by atoms with E-state index in [1.165, 1.54) is 0 Å². The van der Waals surface area contributed by atoms with Crippen LogP contribution in [0, 0.1) is 0 Å². The number of amides is 1. The van der Waals surface area contributed by atoms with Gasteiger partial charge in [-0.2, -0.15) is 0 Å². The van der Waals surface area contributed by atoms with Crippen molar-refractivity contribution in [2.24, 2.45) is 0 Å². The molecule has 0 fully saturated rings. The number of carboxylic acid groups (broad SMARTS) is 1. The SMILES string of the molecule is CCC1(C(=O)[O-])C=CC=C(C2=CCN(C(=O)OC(C)(C)C)CC2)N1. The fraction of sp³-hybridized carbons (Fsp3) is 0.556. The molecule has 6 nitrogen and oxygen atoms in total. The molecule has 0 aromatic heterocycles. The predicted octanol–water partition coefficient (Wildman–Crippen LogP) is 1.50. The quantitative estimate of drug-likeness (QED) is 0.846. The number of carbonyl (C=O) groups excluding carboxylic acids is 2. The zero-order valence-corrected chi connectivity index (χ0v) is 14.7. The Morgan fingerprint density at radius 2 is 2.12 bits per heavy atom. The largest absolute Gasteiger partial charge is 0.547 e. The van der Waals surface area contributed by atoms with E-state index in [-0.39, 0.29) is 6.09 Å². The predicted molar refractivity (Wildman–Crippen MR) is 88.9 cm³/mol. The number of carbonyl (C=O) groups is 2. The van der Waals surface area contributed by atoms with Crippen molar-refractivity contribution >= 4 is 12.1 Å². The van der Waals surface area contributed by atoms with Crippen LogP contribution < -0.4 is 10.4 Å². The summed E-state index contributed by atoms with van der Waals surface area (Å²) in [5, 5.41) is 14.5. The van der Waals surface area contributed by atoms with Gasteiger partial charge in [0.2, 0.25) is 0 Å². The van der Waals surface area contributed by atoms with E-state index in [2.05, 4.69) is 5.32 Å². The maximum Gasteiger partial charge on any atom is 0.410 e. The lowest BCUT2D eigenvalue weighted by molar-refractivity contribution is -0.312. The first kappa shape index (κ1) is 18.1. The molecule has 0 spiro atoms. The van der Waals surface area contributed by atoms with E-state index >= 15 is 0 Å². The van der Waals surface area contributed by atoms with Crippen LogP contribution in [0.15, 0.2) is 35.6 Å². The molecular weight excluding hydrogens is 308 g/mol. The van der Waals surface area contributed by atoms with Gasteiger partial charge in [-0.25, -0.2) is 4.79 Å². The third-order valence-electron chi connectivity index (χ3n) is 4.13. The Bertz CT molecular complexity index is 613.